The average molecular weight is 440 g/mol. The van der Waals surface area contributed by atoms with Crippen LogP contribution in [0.2, 0.25) is 0 Å². The van der Waals surface area contributed by atoms with Gasteiger partial charge in [0.25, 0.3) is 10.0 Å². The van der Waals surface area contributed by atoms with E-state index < -0.39 is 10.0 Å². The van der Waals surface area contributed by atoms with Crippen LogP contribution in [0.3, 0.4) is 0 Å². The molecule has 0 radical (unpaired) electrons. The minimum Gasteiger partial charge on any atom is -0.266 e. The van der Waals surface area contributed by atoms with Gasteiger partial charge in [0.1, 0.15) is 0 Å². The molecule has 160 valence electrons. The van der Waals surface area contributed by atoms with Gasteiger partial charge in [0.2, 0.25) is 0 Å². The van der Waals surface area contributed by atoms with Gasteiger partial charge in [-0.25, -0.2) is 8.42 Å². The third kappa shape index (κ3) is 3.71. The molecule has 0 bridgehead atoms. The lowest BCUT2D eigenvalue weighted by atomic mass is 9.78. The molecule has 3 nitrogen and oxygen atoms in total. The van der Waals surface area contributed by atoms with Crippen molar-refractivity contribution in [2.45, 2.75) is 23.8 Å². The van der Waals surface area contributed by atoms with Crippen molar-refractivity contribution in [3.05, 3.63) is 132 Å². The fraction of sp³-hybridized carbons (Fsp3) is 0.143. The first-order valence-electron chi connectivity index (χ1n) is 10.8. The summed E-state index contributed by atoms with van der Waals surface area (Å²) in [6.45, 7) is 1.96. The molecule has 0 saturated heterocycles. The summed E-state index contributed by atoms with van der Waals surface area (Å²) in [4.78, 5) is 0.318. The molecule has 0 amide bonds. The van der Waals surface area contributed by atoms with Crippen molar-refractivity contribution in [2.24, 2.45) is 5.92 Å². The quantitative estimate of drug-likeness (QED) is 0.505. The highest BCUT2D eigenvalue weighted by molar-refractivity contribution is 7.89. The van der Waals surface area contributed by atoms with Crippen molar-refractivity contribution >= 4 is 16.1 Å². The predicted octanol–water partition coefficient (Wildman–Crippen LogP) is 5.94. The molecule has 5 rings (SSSR count). The van der Waals surface area contributed by atoms with Gasteiger partial charge < -0.3 is 0 Å². The van der Waals surface area contributed by atoms with Crippen molar-refractivity contribution in [1.82, 2.24) is 4.31 Å². The zero-order valence-electron chi connectivity index (χ0n) is 17.9. The fourth-order valence-corrected chi connectivity index (χ4v) is 6.13. The van der Waals surface area contributed by atoms with Crippen LogP contribution in [-0.4, -0.2) is 18.8 Å². The second-order valence-electron chi connectivity index (χ2n) is 8.36. The number of sulfonamides is 1. The van der Waals surface area contributed by atoms with Crippen LogP contribution < -0.4 is 0 Å². The van der Waals surface area contributed by atoms with Gasteiger partial charge in [-0.1, -0.05) is 103 Å². The van der Waals surface area contributed by atoms with Crippen molar-refractivity contribution in [3.8, 4) is 0 Å². The summed E-state index contributed by atoms with van der Waals surface area (Å²) in [6.07, 6.45) is 10.1. The number of allylic oxidation sites excluding steroid dienone is 2. The Labute approximate surface area is 190 Å². The highest BCUT2D eigenvalue weighted by Gasteiger charge is 2.43. The van der Waals surface area contributed by atoms with Gasteiger partial charge >= 0.3 is 0 Å². The van der Waals surface area contributed by atoms with Gasteiger partial charge in [0, 0.05) is 18.0 Å². The smallest absolute Gasteiger partial charge is 0.264 e. The molecule has 0 spiro atoms. The van der Waals surface area contributed by atoms with Crippen LogP contribution in [0.5, 0.6) is 0 Å². The molecule has 32 heavy (non-hydrogen) atoms. The highest BCUT2D eigenvalue weighted by atomic mass is 32.2. The molecule has 0 fully saturated rings. The average Bonchev–Trinajstić information content (AvgIpc) is 3.23. The molecule has 1 heterocycles. The van der Waals surface area contributed by atoms with E-state index in [0.717, 1.165) is 16.7 Å². The minimum atomic E-state index is -3.67. The number of aryl methyl sites for hydroxylation is 1. The monoisotopic (exact) mass is 439 g/mol. The van der Waals surface area contributed by atoms with Crippen LogP contribution in [0.25, 0.3) is 6.08 Å². The SMILES string of the molecule is Cc1ccc(S(=O)(=O)N2C=C[C@@H](c3ccccc3)[C@H]3/C(=C/c4ccccc4)C=C[C@H]32)cc1. The van der Waals surface area contributed by atoms with E-state index in [-0.39, 0.29) is 17.9 Å². The molecule has 3 atom stereocenters. The molecule has 3 aromatic rings. The van der Waals surface area contributed by atoms with Gasteiger partial charge in [-0.05, 0) is 35.8 Å². The lowest BCUT2D eigenvalue weighted by Gasteiger charge is -2.39. The topological polar surface area (TPSA) is 37.4 Å². The molecule has 2 aliphatic rings. The van der Waals surface area contributed by atoms with Crippen LogP contribution in [-0.2, 0) is 10.0 Å². The maximum Gasteiger partial charge on any atom is 0.264 e. The van der Waals surface area contributed by atoms with Crippen LogP contribution in [0, 0.1) is 12.8 Å². The van der Waals surface area contributed by atoms with Gasteiger partial charge in [0.15, 0.2) is 0 Å². The molecular weight excluding hydrogens is 414 g/mol. The van der Waals surface area contributed by atoms with Crippen molar-refractivity contribution in [1.29, 1.82) is 0 Å². The standard InChI is InChI=1S/C28H25NO2S/c1-21-12-15-25(16-13-21)32(30,31)29-19-18-26(23-10-6-3-7-11-23)28-24(14-17-27(28)29)20-22-8-4-2-5-9-22/h2-20,26-28H,1H3/b24-20+/t26-,27+,28+/m0/s1. The molecule has 0 saturated carbocycles. The van der Waals surface area contributed by atoms with Crippen molar-refractivity contribution < 1.29 is 8.42 Å². The first kappa shape index (κ1) is 20.5. The van der Waals surface area contributed by atoms with Gasteiger partial charge in [-0.15, -0.1) is 0 Å². The van der Waals surface area contributed by atoms with E-state index in [0.29, 0.717) is 4.90 Å². The third-order valence-electron chi connectivity index (χ3n) is 6.27. The first-order chi connectivity index (χ1) is 15.5. The largest absolute Gasteiger partial charge is 0.266 e. The van der Waals surface area contributed by atoms with Crippen molar-refractivity contribution in [2.75, 3.05) is 0 Å². The number of benzene rings is 3. The fourth-order valence-electron chi connectivity index (χ4n) is 4.65. The highest BCUT2D eigenvalue weighted by Crippen LogP contribution is 2.45. The Hall–Kier alpha value is -3.37. The summed E-state index contributed by atoms with van der Waals surface area (Å²) in [6, 6.07) is 27.3. The Morgan fingerprint density at radius 3 is 2.16 bits per heavy atom. The van der Waals surface area contributed by atoms with E-state index in [4.69, 9.17) is 0 Å². The van der Waals surface area contributed by atoms with Crippen molar-refractivity contribution in [3.63, 3.8) is 0 Å². The van der Waals surface area contributed by atoms with Gasteiger partial charge in [-0.3, -0.25) is 4.31 Å². The molecule has 0 unspecified atom stereocenters. The number of hydrogen-bond donors (Lipinski definition) is 0. The van der Waals surface area contributed by atoms with E-state index >= 15 is 0 Å². The summed E-state index contributed by atoms with van der Waals surface area (Å²) < 4.78 is 28.7. The lowest BCUT2D eigenvalue weighted by Crippen LogP contribution is -2.43. The Morgan fingerprint density at radius 2 is 1.47 bits per heavy atom. The van der Waals surface area contributed by atoms with E-state index in [1.807, 2.05) is 67.6 Å². The maximum atomic E-state index is 13.6. The zero-order chi connectivity index (χ0) is 22.1. The Kier molecular flexibility index (Phi) is 5.32. The predicted molar refractivity (Wildman–Crippen MR) is 129 cm³/mol. The van der Waals surface area contributed by atoms with E-state index in [1.54, 1.807) is 18.3 Å². The normalized spacial score (nSPS) is 23.5. The zero-order valence-corrected chi connectivity index (χ0v) is 18.7. The van der Waals surface area contributed by atoms with E-state index in [1.165, 1.54) is 9.87 Å². The summed E-state index contributed by atoms with van der Waals surface area (Å²) in [7, 11) is -3.67. The number of rotatable bonds is 4. The number of hydrogen-bond acceptors (Lipinski definition) is 2. The van der Waals surface area contributed by atoms with Gasteiger partial charge in [0.05, 0.1) is 10.9 Å². The molecule has 0 aromatic heterocycles. The van der Waals surface area contributed by atoms with Crippen LogP contribution >= 0.6 is 0 Å². The van der Waals surface area contributed by atoms with E-state index in [9.17, 15) is 8.42 Å². The summed E-state index contributed by atoms with van der Waals surface area (Å²) in [5.74, 6) is 0.0958. The Bertz CT molecular complexity index is 1290. The van der Waals surface area contributed by atoms with Crippen LogP contribution in [0.1, 0.15) is 22.6 Å². The molecule has 0 N–H and O–H groups in total. The molecular formula is C28H25NO2S. The molecule has 1 aliphatic carbocycles. The van der Waals surface area contributed by atoms with E-state index in [2.05, 4.69) is 36.4 Å². The molecule has 1 aliphatic heterocycles. The minimum absolute atomic E-state index is 0.00262. The number of nitrogens with zero attached hydrogens (tertiary/aromatic N) is 1. The lowest BCUT2D eigenvalue weighted by molar-refractivity contribution is 0.341. The second-order valence-corrected chi connectivity index (χ2v) is 10.2. The summed E-state index contributed by atoms with van der Waals surface area (Å²) >= 11 is 0. The second kappa shape index (κ2) is 8.29. The maximum absolute atomic E-state index is 13.6. The molecule has 4 heteroatoms. The van der Waals surface area contributed by atoms with Crippen LogP contribution in [0.4, 0.5) is 0 Å². The van der Waals surface area contributed by atoms with Crippen LogP contribution in [0.15, 0.2) is 120 Å². The Balaban J connectivity index is 1.59. The summed E-state index contributed by atoms with van der Waals surface area (Å²) in [5, 5.41) is 0. The van der Waals surface area contributed by atoms with Gasteiger partial charge in [-0.2, -0.15) is 0 Å². The first-order valence-corrected chi connectivity index (χ1v) is 12.3. The Morgan fingerprint density at radius 1 is 0.812 bits per heavy atom. The number of fused-ring (bicyclic) bond motifs is 1. The third-order valence-corrected chi connectivity index (χ3v) is 8.06. The molecule has 3 aromatic carbocycles. The summed E-state index contributed by atoms with van der Waals surface area (Å²) in [5.41, 5.74) is 4.48.